The van der Waals surface area contributed by atoms with Gasteiger partial charge in [0.2, 0.25) is 0 Å². The predicted octanol–water partition coefficient (Wildman–Crippen LogP) is 3.38. The molecule has 0 fully saturated rings. The molecule has 0 bridgehead atoms. The first-order valence-corrected chi connectivity index (χ1v) is 9.86. The number of thiocarbonyl (C=S) groups is 1. The van der Waals surface area contributed by atoms with Crippen molar-refractivity contribution >= 4 is 29.1 Å². The Bertz CT molecular complexity index is 900. The molecule has 2 rings (SSSR count). The highest BCUT2D eigenvalue weighted by atomic mass is 32.1. The van der Waals surface area contributed by atoms with E-state index in [0.29, 0.717) is 29.2 Å². The second-order valence-corrected chi connectivity index (χ2v) is 6.76. The van der Waals surface area contributed by atoms with Crippen LogP contribution in [-0.2, 0) is 0 Å². The maximum Gasteiger partial charge on any atom is 0.269 e. The fraction of sp³-hybridized carbons (Fsp3) is 0.227. The zero-order chi connectivity index (χ0) is 21.9. The number of hydrazine groups is 1. The molecule has 2 aromatic rings. The number of carbonyl (C=O) groups excluding carboxylic acids is 2. The molecule has 1 unspecified atom stereocenters. The number of carbonyl (C=O) groups is 2. The number of benzene rings is 2. The molecular weight excluding hydrogens is 402 g/mol. The van der Waals surface area contributed by atoms with Crippen molar-refractivity contribution < 1.29 is 19.1 Å². The Kier molecular flexibility index (Phi) is 8.83. The smallest absolute Gasteiger partial charge is 0.269 e. The third-order valence-corrected chi connectivity index (χ3v) is 4.21. The molecule has 0 radical (unpaired) electrons. The Labute approximate surface area is 181 Å². The average molecular weight is 428 g/mol. The van der Waals surface area contributed by atoms with Crippen LogP contribution in [0.1, 0.15) is 41.0 Å². The third kappa shape index (κ3) is 7.21. The highest BCUT2D eigenvalue weighted by Crippen LogP contribution is 2.16. The van der Waals surface area contributed by atoms with Crippen LogP contribution in [0.15, 0.2) is 61.2 Å². The molecule has 0 aliphatic carbocycles. The van der Waals surface area contributed by atoms with Crippen LogP contribution >= 0.6 is 12.2 Å². The molecule has 0 aromatic heterocycles. The maximum absolute atomic E-state index is 12.4. The lowest BCUT2D eigenvalue weighted by atomic mass is 10.2. The van der Waals surface area contributed by atoms with Crippen molar-refractivity contribution in [3.63, 3.8) is 0 Å². The summed E-state index contributed by atoms with van der Waals surface area (Å²) in [5, 5.41) is 2.48. The van der Waals surface area contributed by atoms with Crippen molar-refractivity contribution in [2.45, 2.75) is 26.4 Å². The number of amides is 2. The number of ether oxygens (including phenoxy) is 2. The first-order chi connectivity index (χ1) is 14.4. The van der Waals surface area contributed by atoms with Crippen LogP contribution in [0.3, 0.4) is 0 Å². The fourth-order valence-electron chi connectivity index (χ4n) is 2.28. The molecule has 3 N–H and O–H groups in total. The Morgan fingerprint density at radius 3 is 2.47 bits per heavy atom. The standard InChI is InChI=1S/C22H25N3O4S/c1-4-13-28-18-11-9-16(10-12-18)21(27)24-25-22(30)23-20(26)17-7-6-8-19(14-17)29-15(3)5-2/h4,6-12,14-15H,1,5,13H2,2-3H3,(H,24,27)(H2,23,25,26,30). The van der Waals surface area contributed by atoms with E-state index in [4.69, 9.17) is 21.7 Å². The van der Waals surface area contributed by atoms with Gasteiger partial charge in [-0.2, -0.15) is 0 Å². The quantitative estimate of drug-likeness (QED) is 0.340. The van der Waals surface area contributed by atoms with Crippen molar-refractivity contribution in [2.75, 3.05) is 6.61 Å². The van der Waals surface area contributed by atoms with Gasteiger partial charge < -0.3 is 9.47 Å². The lowest BCUT2D eigenvalue weighted by Gasteiger charge is -2.14. The van der Waals surface area contributed by atoms with Crippen LogP contribution in [0.2, 0.25) is 0 Å². The van der Waals surface area contributed by atoms with Crippen LogP contribution in [0.25, 0.3) is 0 Å². The predicted molar refractivity (Wildman–Crippen MR) is 120 cm³/mol. The summed E-state index contributed by atoms with van der Waals surface area (Å²) >= 11 is 5.07. The van der Waals surface area contributed by atoms with Gasteiger partial charge in [0.05, 0.1) is 6.10 Å². The SMILES string of the molecule is C=CCOc1ccc(C(=O)NNC(=S)NC(=O)c2cccc(OC(C)CC)c2)cc1. The van der Waals surface area contributed by atoms with E-state index in [-0.39, 0.29) is 11.2 Å². The molecule has 2 amide bonds. The van der Waals surface area contributed by atoms with Gasteiger partial charge in [0, 0.05) is 11.1 Å². The van der Waals surface area contributed by atoms with Gasteiger partial charge in [-0.25, -0.2) is 0 Å². The molecule has 2 aromatic carbocycles. The summed E-state index contributed by atoms with van der Waals surface area (Å²) < 4.78 is 11.1. The number of hydrogen-bond acceptors (Lipinski definition) is 5. The molecule has 0 heterocycles. The summed E-state index contributed by atoms with van der Waals surface area (Å²) in [5.74, 6) is 0.400. The zero-order valence-corrected chi connectivity index (χ0v) is 17.8. The molecule has 0 spiro atoms. The summed E-state index contributed by atoms with van der Waals surface area (Å²) in [7, 11) is 0. The molecule has 0 aliphatic rings. The minimum atomic E-state index is -0.417. The number of nitrogens with one attached hydrogen (secondary N) is 3. The first kappa shape index (κ1) is 22.9. The van der Waals surface area contributed by atoms with Crippen LogP contribution in [0.5, 0.6) is 11.5 Å². The summed E-state index contributed by atoms with van der Waals surface area (Å²) in [6, 6.07) is 13.4. The average Bonchev–Trinajstić information content (AvgIpc) is 2.76. The molecular formula is C22H25N3O4S. The van der Waals surface area contributed by atoms with E-state index in [1.54, 1.807) is 54.6 Å². The largest absolute Gasteiger partial charge is 0.491 e. The zero-order valence-electron chi connectivity index (χ0n) is 16.9. The summed E-state index contributed by atoms with van der Waals surface area (Å²) in [4.78, 5) is 24.6. The number of rotatable bonds is 8. The third-order valence-electron chi connectivity index (χ3n) is 4.01. The van der Waals surface area contributed by atoms with Crippen molar-refractivity contribution in [2.24, 2.45) is 0 Å². The molecule has 158 valence electrons. The molecule has 1 atom stereocenters. The van der Waals surface area contributed by atoms with E-state index < -0.39 is 11.8 Å². The minimum absolute atomic E-state index is 0.0347. The summed E-state index contributed by atoms with van der Waals surface area (Å²) in [5.41, 5.74) is 5.74. The summed E-state index contributed by atoms with van der Waals surface area (Å²) in [6.07, 6.45) is 2.53. The first-order valence-electron chi connectivity index (χ1n) is 9.45. The number of hydrogen-bond donors (Lipinski definition) is 3. The van der Waals surface area contributed by atoms with Gasteiger partial charge >= 0.3 is 0 Å². The van der Waals surface area contributed by atoms with Crippen LogP contribution in [-0.4, -0.2) is 29.6 Å². The van der Waals surface area contributed by atoms with E-state index in [9.17, 15) is 9.59 Å². The molecule has 30 heavy (non-hydrogen) atoms. The maximum atomic E-state index is 12.4. The van der Waals surface area contributed by atoms with Crippen molar-refractivity contribution in [1.82, 2.24) is 16.2 Å². The molecule has 8 heteroatoms. The molecule has 7 nitrogen and oxygen atoms in total. The van der Waals surface area contributed by atoms with Gasteiger partial charge in [0.25, 0.3) is 11.8 Å². The van der Waals surface area contributed by atoms with Crippen molar-refractivity contribution in [3.05, 3.63) is 72.3 Å². The topological polar surface area (TPSA) is 88.7 Å². The highest BCUT2D eigenvalue weighted by molar-refractivity contribution is 7.80. The van der Waals surface area contributed by atoms with Gasteiger partial charge in [0.15, 0.2) is 5.11 Å². The Morgan fingerprint density at radius 2 is 1.80 bits per heavy atom. The Balaban J connectivity index is 1.85. The molecule has 0 saturated carbocycles. The Morgan fingerprint density at radius 1 is 1.07 bits per heavy atom. The van der Waals surface area contributed by atoms with Gasteiger partial charge in [-0.1, -0.05) is 25.6 Å². The van der Waals surface area contributed by atoms with Gasteiger partial charge in [-0.05, 0) is 68.0 Å². The van der Waals surface area contributed by atoms with E-state index in [2.05, 4.69) is 22.7 Å². The van der Waals surface area contributed by atoms with Crippen molar-refractivity contribution in [3.8, 4) is 11.5 Å². The van der Waals surface area contributed by atoms with Crippen LogP contribution in [0, 0.1) is 0 Å². The van der Waals surface area contributed by atoms with Crippen molar-refractivity contribution in [1.29, 1.82) is 0 Å². The normalized spacial score (nSPS) is 11.0. The lowest BCUT2D eigenvalue weighted by molar-refractivity contribution is 0.0934. The monoisotopic (exact) mass is 427 g/mol. The summed E-state index contributed by atoms with van der Waals surface area (Å²) in [6.45, 7) is 7.93. The van der Waals surface area contributed by atoms with Gasteiger partial charge in [-0.15, -0.1) is 0 Å². The van der Waals surface area contributed by atoms with Gasteiger partial charge in [0.1, 0.15) is 18.1 Å². The van der Waals surface area contributed by atoms with E-state index in [1.807, 2.05) is 13.8 Å². The second-order valence-electron chi connectivity index (χ2n) is 6.35. The van der Waals surface area contributed by atoms with Crippen LogP contribution in [0.4, 0.5) is 0 Å². The van der Waals surface area contributed by atoms with Crippen LogP contribution < -0.4 is 25.6 Å². The molecule has 0 saturated heterocycles. The second kappa shape index (κ2) is 11.6. The fourth-order valence-corrected chi connectivity index (χ4v) is 2.42. The Hall–Kier alpha value is -3.39. The van der Waals surface area contributed by atoms with Gasteiger partial charge in [-0.3, -0.25) is 25.8 Å². The minimum Gasteiger partial charge on any atom is -0.491 e. The van der Waals surface area contributed by atoms with E-state index in [1.165, 1.54) is 0 Å². The highest BCUT2D eigenvalue weighted by Gasteiger charge is 2.11. The molecule has 0 aliphatic heterocycles. The van der Waals surface area contributed by atoms with E-state index in [0.717, 1.165) is 6.42 Å². The lowest BCUT2D eigenvalue weighted by Crippen LogP contribution is -2.48. The van der Waals surface area contributed by atoms with E-state index >= 15 is 0 Å².